The van der Waals surface area contributed by atoms with Crippen LogP contribution in [0.5, 0.6) is 11.5 Å². The number of primary amides is 1. The molecule has 314 valence electrons. The van der Waals surface area contributed by atoms with Gasteiger partial charge < -0.3 is 59.3 Å². The quantitative estimate of drug-likeness (QED) is 0.150. The van der Waals surface area contributed by atoms with E-state index in [9.17, 15) is 42.6 Å². The van der Waals surface area contributed by atoms with Gasteiger partial charge in [0.25, 0.3) is 11.5 Å². The molecule has 2 aromatic carbocycles. The number of amides is 2. The third-order valence-corrected chi connectivity index (χ3v) is 9.73. The number of ether oxygens (including phenoxy) is 7. The number of aliphatic hydroxyl groups is 2. The molecule has 3 aromatic rings. The summed E-state index contributed by atoms with van der Waals surface area (Å²) < 4.78 is 76.6. The van der Waals surface area contributed by atoms with Crippen molar-refractivity contribution in [1.82, 2.24) is 14.9 Å². The molecule has 0 unspecified atom stereocenters. The number of carbonyl (C=O) groups excluding carboxylic acids is 2. The Bertz CT molecular complexity index is 2040. The number of carbonyl (C=O) groups is 2. The van der Waals surface area contributed by atoms with Crippen LogP contribution in [0.15, 0.2) is 82.2 Å². The first-order chi connectivity index (χ1) is 27.6. The van der Waals surface area contributed by atoms with E-state index in [4.69, 9.17) is 34.2 Å². The zero-order valence-corrected chi connectivity index (χ0v) is 31.1. The highest BCUT2D eigenvalue weighted by molar-refractivity contribution is 5.91. The summed E-state index contributed by atoms with van der Waals surface area (Å²) >= 11 is 0. The van der Waals surface area contributed by atoms with Gasteiger partial charge in [-0.3, -0.25) is 23.9 Å². The maximum absolute atomic E-state index is 13.2. The normalized spacial score (nSPS) is 25.7. The van der Waals surface area contributed by atoms with Gasteiger partial charge >= 0.3 is 12.1 Å². The molecule has 2 amide bonds. The Morgan fingerprint density at radius 3 is 2.24 bits per heavy atom. The standard InChI is InChI=1S/C37H42F3N5O13/c1-52-28-29(56-34(31(28)53-2)45-16-13-26(47)43-36(45)51)30(32(41)49)57-35-27(48)24(46)17-25(55-35)33(50)42-18-19-3-5-20(6-4-19)44-14-11-22(12-15-44)54-21-7-9-23(10-8-21)58-37(38,39)40/h3-10,13,16-17,22,24,27-31,34-35,46,48H,11-12,14-15,18H2,1-2H3,(H2,41,49)(H,42,50)(H,43,47,51)/t24-,27-,28+,29-,30+,31+,34+,35+/m0/s1. The molecule has 21 heteroatoms. The molecule has 0 aliphatic carbocycles. The molecule has 2 fully saturated rings. The van der Waals surface area contributed by atoms with Crippen LogP contribution < -0.4 is 36.7 Å². The molecule has 3 aliphatic heterocycles. The zero-order valence-electron chi connectivity index (χ0n) is 31.1. The van der Waals surface area contributed by atoms with Crippen molar-refractivity contribution in [3.05, 3.63) is 99.0 Å². The number of aromatic amines is 1. The number of nitrogens with one attached hydrogen (secondary N) is 2. The first-order valence-electron chi connectivity index (χ1n) is 18.0. The number of aromatic nitrogens is 2. The summed E-state index contributed by atoms with van der Waals surface area (Å²) in [4.78, 5) is 54.4. The molecule has 6 N–H and O–H groups in total. The average molecular weight is 822 g/mol. The summed E-state index contributed by atoms with van der Waals surface area (Å²) in [5, 5.41) is 24.0. The topological polar surface area (TPSA) is 235 Å². The number of hydrogen-bond donors (Lipinski definition) is 5. The Kier molecular flexibility index (Phi) is 13.1. The Hall–Kier alpha value is -5.45. The second kappa shape index (κ2) is 18.0. The van der Waals surface area contributed by atoms with E-state index in [0.29, 0.717) is 31.7 Å². The molecular formula is C37H42F3N5O13. The van der Waals surface area contributed by atoms with Gasteiger partial charge in [-0.2, -0.15) is 0 Å². The minimum absolute atomic E-state index is 0.0476. The number of anilines is 1. The Balaban J connectivity index is 1.02. The number of nitrogens with zero attached hydrogens (tertiary/aromatic N) is 2. The number of nitrogens with two attached hydrogens (primary N) is 1. The molecule has 0 spiro atoms. The van der Waals surface area contributed by atoms with Crippen molar-refractivity contribution in [3.63, 3.8) is 0 Å². The first kappa shape index (κ1) is 42.2. The summed E-state index contributed by atoms with van der Waals surface area (Å²) in [6, 6.07) is 13.7. The summed E-state index contributed by atoms with van der Waals surface area (Å²) in [5.41, 5.74) is 5.84. The lowest BCUT2D eigenvalue weighted by molar-refractivity contribution is -0.274. The highest BCUT2D eigenvalue weighted by Gasteiger charge is 2.53. The summed E-state index contributed by atoms with van der Waals surface area (Å²) in [7, 11) is 2.59. The van der Waals surface area contributed by atoms with Crippen LogP contribution in [0.2, 0.25) is 0 Å². The molecule has 0 saturated carbocycles. The summed E-state index contributed by atoms with van der Waals surface area (Å²) in [6.45, 7) is 1.38. The molecule has 0 radical (unpaired) electrons. The van der Waals surface area contributed by atoms with Gasteiger partial charge in [-0.15, -0.1) is 13.2 Å². The van der Waals surface area contributed by atoms with Crippen molar-refractivity contribution in [3.8, 4) is 11.5 Å². The van der Waals surface area contributed by atoms with Gasteiger partial charge in [0.2, 0.25) is 12.2 Å². The van der Waals surface area contributed by atoms with E-state index in [1.165, 1.54) is 44.7 Å². The zero-order chi connectivity index (χ0) is 41.7. The van der Waals surface area contributed by atoms with E-state index in [1.807, 2.05) is 24.3 Å². The van der Waals surface area contributed by atoms with Crippen LogP contribution in [-0.4, -0.2) is 114 Å². The lowest BCUT2D eigenvalue weighted by atomic mass is 10.0. The highest BCUT2D eigenvalue weighted by atomic mass is 19.4. The number of H-pyrrole nitrogens is 1. The van der Waals surface area contributed by atoms with E-state index in [-0.39, 0.29) is 18.4 Å². The van der Waals surface area contributed by atoms with Crippen molar-refractivity contribution in [2.45, 2.75) is 81.0 Å². The molecule has 2 saturated heterocycles. The van der Waals surface area contributed by atoms with E-state index in [1.54, 1.807) is 0 Å². The predicted molar refractivity (Wildman–Crippen MR) is 193 cm³/mol. The van der Waals surface area contributed by atoms with Gasteiger partial charge in [0.15, 0.2) is 18.1 Å². The summed E-state index contributed by atoms with van der Waals surface area (Å²) in [5.74, 6) is -2.18. The van der Waals surface area contributed by atoms with Crippen LogP contribution in [0.3, 0.4) is 0 Å². The molecule has 3 aliphatic rings. The third kappa shape index (κ3) is 9.97. The van der Waals surface area contributed by atoms with Crippen LogP contribution >= 0.6 is 0 Å². The van der Waals surface area contributed by atoms with Gasteiger partial charge in [-0.25, -0.2) is 4.79 Å². The van der Waals surface area contributed by atoms with Crippen LogP contribution in [0.4, 0.5) is 18.9 Å². The Morgan fingerprint density at radius 2 is 1.64 bits per heavy atom. The lowest BCUT2D eigenvalue weighted by Gasteiger charge is -2.35. The number of hydrogen-bond acceptors (Lipinski definition) is 14. The molecule has 4 heterocycles. The molecule has 1 aromatic heterocycles. The molecule has 18 nitrogen and oxygen atoms in total. The maximum Gasteiger partial charge on any atom is 0.573 e. The van der Waals surface area contributed by atoms with Crippen LogP contribution in [0, 0.1) is 0 Å². The van der Waals surface area contributed by atoms with Crippen molar-refractivity contribution < 1.29 is 66.1 Å². The fourth-order valence-electron chi connectivity index (χ4n) is 6.85. The molecule has 8 atom stereocenters. The molecule has 0 bridgehead atoms. The lowest BCUT2D eigenvalue weighted by Crippen LogP contribution is -2.54. The van der Waals surface area contributed by atoms with Gasteiger partial charge in [0.1, 0.15) is 48.1 Å². The molecule has 58 heavy (non-hydrogen) atoms. The van der Waals surface area contributed by atoms with Gasteiger partial charge in [-0.05, 0) is 48.0 Å². The number of benzene rings is 2. The number of aliphatic hydroxyl groups excluding tert-OH is 2. The Morgan fingerprint density at radius 1 is 0.983 bits per heavy atom. The van der Waals surface area contributed by atoms with Crippen molar-refractivity contribution in [1.29, 1.82) is 0 Å². The third-order valence-electron chi connectivity index (χ3n) is 9.73. The van der Waals surface area contributed by atoms with E-state index in [0.717, 1.165) is 28.0 Å². The number of methoxy groups -OCH3 is 2. The number of alkyl halides is 3. The van der Waals surface area contributed by atoms with Crippen LogP contribution in [-0.2, 0) is 39.8 Å². The van der Waals surface area contributed by atoms with E-state index >= 15 is 0 Å². The van der Waals surface area contributed by atoms with Crippen LogP contribution in [0.1, 0.15) is 24.6 Å². The van der Waals surface area contributed by atoms with E-state index < -0.39 is 84.3 Å². The first-order valence-corrected chi connectivity index (χ1v) is 18.0. The minimum atomic E-state index is -4.77. The summed E-state index contributed by atoms with van der Waals surface area (Å²) in [6.07, 6.45) is -13.1. The number of halogens is 3. The average Bonchev–Trinajstić information content (AvgIpc) is 3.55. The van der Waals surface area contributed by atoms with Gasteiger partial charge in [0, 0.05) is 64.6 Å². The largest absolute Gasteiger partial charge is 0.573 e. The van der Waals surface area contributed by atoms with Crippen molar-refractivity contribution >= 4 is 17.5 Å². The van der Waals surface area contributed by atoms with Crippen molar-refractivity contribution in [2.75, 3.05) is 32.2 Å². The smallest absolute Gasteiger partial charge is 0.490 e. The maximum atomic E-state index is 13.2. The molecule has 6 rings (SSSR count). The highest BCUT2D eigenvalue weighted by Crippen LogP contribution is 2.36. The monoisotopic (exact) mass is 821 g/mol. The minimum Gasteiger partial charge on any atom is -0.490 e. The fourth-order valence-corrected chi connectivity index (χ4v) is 6.85. The van der Waals surface area contributed by atoms with Gasteiger partial charge in [0.05, 0.1) is 0 Å². The van der Waals surface area contributed by atoms with Gasteiger partial charge in [-0.1, -0.05) is 12.1 Å². The van der Waals surface area contributed by atoms with Crippen molar-refractivity contribution in [2.24, 2.45) is 5.73 Å². The number of rotatable bonds is 14. The Labute approximate surface area is 327 Å². The van der Waals surface area contributed by atoms with Crippen LogP contribution in [0.25, 0.3) is 0 Å². The second-order valence-electron chi connectivity index (χ2n) is 13.5. The SMILES string of the molecule is CO[C@H]1[C@@H](OC)[C@H](n2ccc(=O)[nH]c2=O)O[C@@H]1[C@@H](O[C@H]1OC(C(=O)NCc2ccc(N3CCC(Oc4ccc(OC(F)(F)F)cc4)CC3)cc2)=C[C@H](O)[C@@H]1O)C(N)=O. The number of piperidine rings is 1. The fraction of sp³-hybridized carbons (Fsp3) is 0.459. The van der Waals surface area contributed by atoms with E-state index in [2.05, 4.69) is 19.9 Å². The predicted octanol–water partition coefficient (Wildman–Crippen LogP) is 0.559. The molecular weight excluding hydrogens is 779 g/mol. The second-order valence-corrected chi connectivity index (χ2v) is 13.5.